The predicted molar refractivity (Wildman–Crippen MR) is 127 cm³/mol. The number of aldehydes is 1. The summed E-state index contributed by atoms with van der Waals surface area (Å²) in [5.74, 6) is 0.477. The summed E-state index contributed by atoms with van der Waals surface area (Å²) < 4.78 is 3.88. The first-order valence-corrected chi connectivity index (χ1v) is 11.3. The molecule has 0 bridgehead atoms. The molecule has 1 saturated heterocycles. The molecule has 33 heavy (non-hydrogen) atoms. The molecule has 1 aromatic carbocycles. The number of anilines is 1. The molecule has 3 aromatic rings. The van der Waals surface area contributed by atoms with E-state index in [0.29, 0.717) is 17.2 Å². The maximum absolute atomic E-state index is 10.9. The molecular formula is C23H29N9O. The molecule has 1 atom stereocenters. The Morgan fingerprint density at radius 2 is 1.94 bits per heavy atom. The maximum Gasteiger partial charge on any atom is 0.201 e. The average Bonchev–Trinajstić information content (AvgIpc) is 3.45. The number of hydrogen-bond donors (Lipinski definition) is 3. The number of nitrogens with one attached hydrogen (secondary N) is 2. The highest BCUT2D eigenvalue weighted by Gasteiger charge is 2.31. The van der Waals surface area contributed by atoms with Gasteiger partial charge in [-0.15, -0.1) is 10.2 Å². The monoisotopic (exact) mass is 447 g/mol. The normalized spacial score (nSPS) is 20.7. The summed E-state index contributed by atoms with van der Waals surface area (Å²) >= 11 is 0. The van der Waals surface area contributed by atoms with Crippen LogP contribution in [-0.2, 0) is 0 Å². The number of hydrogen-bond acceptors (Lipinski definition) is 8. The van der Waals surface area contributed by atoms with E-state index in [4.69, 9.17) is 5.73 Å². The molecule has 1 unspecified atom stereocenters. The zero-order valence-electron chi connectivity index (χ0n) is 18.8. The van der Waals surface area contributed by atoms with Gasteiger partial charge in [-0.25, -0.2) is 4.68 Å². The molecule has 0 amide bonds. The van der Waals surface area contributed by atoms with Crippen LogP contribution in [0.1, 0.15) is 48.9 Å². The van der Waals surface area contributed by atoms with Crippen molar-refractivity contribution in [2.24, 2.45) is 5.73 Å². The number of nitrogens with zero attached hydrogens (tertiary/aromatic N) is 6. The van der Waals surface area contributed by atoms with Crippen molar-refractivity contribution in [1.82, 2.24) is 30.0 Å². The van der Waals surface area contributed by atoms with Crippen LogP contribution in [0.3, 0.4) is 0 Å². The summed E-state index contributed by atoms with van der Waals surface area (Å²) in [4.78, 5) is 13.3. The van der Waals surface area contributed by atoms with Crippen molar-refractivity contribution in [2.75, 3.05) is 23.4 Å². The molecule has 0 radical (unpaired) electrons. The molecule has 10 heteroatoms. The largest absolute Gasteiger partial charge is 0.371 e. The Balaban J connectivity index is 1.34. The lowest BCUT2D eigenvalue weighted by atomic mass is 10.0. The summed E-state index contributed by atoms with van der Waals surface area (Å²) in [6.45, 7) is 5.91. The van der Waals surface area contributed by atoms with Crippen LogP contribution in [0, 0.1) is 0 Å². The summed E-state index contributed by atoms with van der Waals surface area (Å²) in [6.07, 6.45) is 8.31. The van der Waals surface area contributed by atoms with Gasteiger partial charge in [0.1, 0.15) is 12.0 Å². The topological polar surface area (TPSA) is 119 Å². The minimum Gasteiger partial charge on any atom is -0.371 e. The second-order valence-corrected chi connectivity index (χ2v) is 8.92. The molecule has 2 aliphatic heterocycles. The fourth-order valence-corrected chi connectivity index (χ4v) is 4.58. The summed E-state index contributed by atoms with van der Waals surface area (Å²) in [6, 6.07) is 10.2. The molecule has 0 aliphatic carbocycles. The van der Waals surface area contributed by atoms with E-state index in [1.807, 2.05) is 67.2 Å². The van der Waals surface area contributed by atoms with Gasteiger partial charge in [-0.2, -0.15) is 5.10 Å². The minimum absolute atomic E-state index is 0.194. The van der Waals surface area contributed by atoms with Crippen LogP contribution in [0.4, 0.5) is 5.69 Å². The van der Waals surface area contributed by atoms with Crippen LogP contribution in [0.15, 0.2) is 42.6 Å². The molecule has 2 aliphatic rings. The minimum atomic E-state index is -0.895. The van der Waals surface area contributed by atoms with E-state index in [1.165, 1.54) is 0 Å². The number of benzene rings is 1. The number of piperidine rings is 1. The Morgan fingerprint density at radius 1 is 1.18 bits per heavy atom. The Morgan fingerprint density at radius 3 is 2.64 bits per heavy atom. The third-order valence-electron chi connectivity index (χ3n) is 6.11. The second kappa shape index (κ2) is 8.45. The van der Waals surface area contributed by atoms with Gasteiger partial charge in [0.15, 0.2) is 11.6 Å². The van der Waals surface area contributed by atoms with Crippen molar-refractivity contribution in [1.29, 1.82) is 0 Å². The highest BCUT2D eigenvalue weighted by molar-refractivity contribution is 5.75. The zero-order chi connectivity index (χ0) is 23.0. The summed E-state index contributed by atoms with van der Waals surface area (Å²) in [5.41, 5.74) is 12.5. The Kier molecular flexibility index (Phi) is 5.47. The molecule has 4 N–H and O–H groups in total. The van der Waals surface area contributed by atoms with Gasteiger partial charge in [0.05, 0.1) is 6.04 Å². The van der Waals surface area contributed by atoms with Gasteiger partial charge in [0.25, 0.3) is 0 Å². The van der Waals surface area contributed by atoms with E-state index in [1.54, 1.807) is 0 Å². The first-order chi connectivity index (χ1) is 16.0. The van der Waals surface area contributed by atoms with Crippen LogP contribution in [0.25, 0.3) is 17.6 Å². The van der Waals surface area contributed by atoms with E-state index in [2.05, 4.69) is 35.6 Å². The molecule has 2 aromatic heterocycles. The molecule has 0 saturated carbocycles. The third-order valence-corrected chi connectivity index (χ3v) is 6.11. The van der Waals surface area contributed by atoms with Crippen LogP contribution < -0.4 is 21.4 Å². The lowest BCUT2D eigenvalue weighted by molar-refractivity contribution is 0.112. The van der Waals surface area contributed by atoms with Crippen molar-refractivity contribution in [3.63, 3.8) is 0 Å². The Bertz CT molecular complexity index is 1160. The summed E-state index contributed by atoms with van der Waals surface area (Å²) in [7, 11) is 0. The van der Waals surface area contributed by atoms with Crippen LogP contribution in [-0.4, -0.2) is 55.9 Å². The van der Waals surface area contributed by atoms with Gasteiger partial charge in [-0.1, -0.05) is 0 Å². The van der Waals surface area contributed by atoms with Crippen LogP contribution >= 0.6 is 0 Å². The number of carbonyl (C=O) groups is 1. The number of carbonyl (C=O) groups excluding carboxylic acids is 1. The van der Waals surface area contributed by atoms with Gasteiger partial charge in [0, 0.05) is 36.6 Å². The molecule has 172 valence electrons. The van der Waals surface area contributed by atoms with Crippen molar-refractivity contribution in [2.45, 2.75) is 44.6 Å². The van der Waals surface area contributed by atoms with Crippen molar-refractivity contribution < 1.29 is 4.79 Å². The van der Waals surface area contributed by atoms with Gasteiger partial charge >= 0.3 is 0 Å². The number of nitrogens with two attached hydrogens (primary N) is 1. The van der Waals surface area contributed by atoms with Gasteiger partial charge in [0.2, 0.25) is 5.82 Å². The van der Waals surface area contributed by atoms with E-state index in [-0.39, 0.29) is 12.1 Å². The van der Waals surface area contributed by atoms with E-state index in [0.717, 1.165) is 43.6 Å². The maximum atomic E-state index is 10.9. The number of rotatable bonds is 6. The Hall–Kier alpha value is -3.50. The van der Waals surface area contributed by atoms with E-state index >= 15 is 0 Å². The lowest BCUT2D eigenvalue weighted by Gasteiger charge is -2.35. The third kappa shape index (κ3) is 4.14. The van der Waals surface area contributed by atoms with Crippen molar-refractivity contribution >= 4 is 18.0 Å². The lowest BCUT2D eigenvalue weighted by Crippen LogP contribution is -2.63. The SMILES string of the molecule is CC(C)NC1(N)C=Cc2nnc(-c3ccnn3C3CCN(c4ccc(C=O)cc4)CC3)n2N1. The first kappa shape index (κ1) is 21.4. The van der Waals surface area contributed by atoms with Crippen LogP contribution in [0.2, 0.25) is 0 Å². The predicted octanol–water partition coefficient (Wildman–Crippen LogP) is 1.98. The average molecular weight is 448 g/mol. The fourth-order valence-electron chi connectivity index (χ4n) is 4.58. The highest BCUT2D eigenvalue weighted by atomic mass is 16.1. The number of aromatic nitrogens is 5. The fraction of sp³-hybridized carbons (Fsp3) is 0.391. The second-order valence-electron chi connectivity index (χ2n) is 8.92. The summed E-state index contributed by atoms with van der Waals surface area (Å²) in [5, 5.41) is 16.7. The number of fused-ring (bicyclic) bond motifs is 1. The van der Waals surface area contributed by atoms with E-state index < -0.39 is 5.79 Å². The van der Waals surface area contributed by atoms with Gasteiger partial charge < -0.3 is 4.90 Å². The van der Waals surface area contributed by atoms with Gasteiger partial charge in [-0.3, -0.25) is 26.0 Å². The molecule has 5 rings (SSSR count). The molecule has 1 fully saturated rings. The van der Waals surface area contributed by atoms with Crippen molar-refractivity contribution in [3.8, 4) is 11.5 Å². The van der Waals surface area contributed by atoms with E-state index in [9.17, 15) is 4.79 Å². The quantitative estimate of drug-likeness (QED) is 0.388. The smallest absolute Gasteiger partial charge is 0.201 e. The van der Waals surface area contributed by atoms with Crippen molar-refractivity contribution in [3.05, 3.63) is 54.0 Å². The highest BCUT2D eigenvalue weighted by Crippen LogP contribution is 2.30. The Labute approximate surface area is 192 Å². The molecule has 4 heterocycles. The standard InChI is InChI=1S/C23H29N9O/c1-16(2)26-23(24)11-7-21-27-28-22(32(21)29-23)20-8-12-25-31(20)19-9-13-30(14-10-19)18-5-3-17(15-33)4-6-18/h3-8,11-12,15-16,19,26,29H,9-10,13-14,24H2,1-2H3. The molecule has 10 nitrogen and oxygen atoms in total. The first-order valence-electron chi connectivity index (χ1n) is 11.3. The van der Waals surface area contributed by atoms with Crippen LogP contribution in [0.5, 0.6) is 0 Å². The zero-order valence-corrected chi connectivity index (χ0v) is 18.8. The molecule has 0 spiro atoms. The molecular weight excluding hydrogens is 418 g/mol. The van der Waals surface area contributed by atoms with Gasteiger partial charge in [-0.05, 0) is 69.2 Å².